The Morgan fingerprint density at radius 3 is 2.24 bits per heavy atom. The maximum atomic E-state index is 12.4. The van der Waals surface area contributed by atoms with Crippen LogP contribution in [0.5, 0.6) is 0 Å². The fourth-order valence-electron chi connectivity index (χ4n) is 2.71. The lowest BCUT2D eigenvalue weighted by Crippen LogP contribution is -2.45. The van der Waals surface area contributed by atoms with Crippen molar-refractivity contribution >= 4 is 40.4 Å². The molecule has 1 aromatic carbocycles. The Balaban J connectivity index is 1.47. The molecule has 0 aliphatic carbocycles. The van der Waals surface area contributed by atoms with E-state index in [1.54, 1.807) is 11.3 Å². The minimum absolute atomic E-state index is 0.272. The van der Waals surface area contributed by atoms with Gasteiger partial charge in [0.15, 0.2) is 0 Å². The van der Waals surface area contributed by atoms with Crippen molar-refractivity contribution in [1.82, 2.24) is 16.0 Å². The molecule has 150 valence electrons. The number of carbonyl (C=O) groups is 3. The van der Waals surface area contributed by atoms with E-state index in [0.717, 1.165) is 15.3 Å². The van der Waals surface area contributed by atoms with Gasteiger partial charge in [-0.15, -0.1) is 22.7 Å². The molecule has 0 aliphatic rings. The predicted molar refractivity (Wildman–Crippen MR) is 115 cm³/mol. The number of amides is 3. The molecule has 0 radical (unpaired) electrons. The molecule has 8 heteroatoms. The molecular formula is C21H21N3O3S2. The Kier molecular flexibility index (Phi) is 7.54. The SMILES string of the molecule is O=C(CNC(=O)C(=O)NCCc1cccs1)N[C@H](c1ccccc1)c1cccs1. The second-order valence-electron chi connectivity index (χ2n) is 6.19. The molecule has 2 aromatic heterocycles. The first-order valence-corrected chi connectivity index (χ1v) is 10.9. The lowest BCUT2D eigenvalue weighted by atomic mass is 10.1. The highest BCUT2D eigenvalue weighted by Gasteiger charge is 2.19. The van der Waals surface area contributed by atoms with Crippen LogP contribution in [0.15, 0.2) is 65.4 Å². The van der Waals surface area contributed by atoms with Gasteiger partial charge in [0.1, 0.15) is 0 Å². The maximum absolute atomic E-state index is 12.4. The highest BCUT2D eigenvalue weighted by atomic mass is 32.1. The summed E-state index contributed by atoms with van der Waals surface area (Å²) >= 11 is 3.14. The Bertz CT molecular complexity index is 926. The highest BCUT2D eigenvalue weighted by molar-refractivity contribution is 7.10. The summed E-state index contributed by atoms with van der Waals surface area (Å²) in [5, 5.41) is 11.8. The minimum atomic E-state index is -0.821. The molecular weight excluding hydrogens is 406 g/mol. The monoisotopic (exact) mass is 427 g/mol. The number of hydrogen-bond acceptors (Lipinski definition) is 5. The third kappa shape index (κ3) is 6.27. The summed E-state index contributed by atoms with van der Waals surface area (Å²) in [6.45, 7) is 0.0965. The number of benzene rings is 1. The van der Waals surface area contributed by atoms with Crippen molar-refractivity contribution < 1.29 is 14.4 Å². The summed E-state index contributed by atoms with van der Waals surface area (Å²) in [5.41, 5.74) is 0.945. The summed E-state index contributed by atoms with van der Waals surface area (Å²) in [7, 11) is 0. The van der Waals surface area contributed by atoms with Crippen LogP contribution in [0, 0.1) is 0 Å². The zero-order valence-electron chi connectivity index (χ0n) is 15.6. The minimum Gasteiger partial charge on any atom is -0.347 e. The van der Waals surface area contributed by atoms with Crippen molar-refractivity contribution in [2.45, 2.75) is 12.5 Å². The number of nitrogens with one attached hydrogen (secondary N) is 3. The molecule has 0 fully saturated rings. The molecule has 0 saturated heterocycles. The van der Waals surface area contributed by atoms with Gasteiger partial charge >= 0.3 is 11.8 Å². The lowest BCUT2D eigenvalue weighted by Gasteiger charge is -2.18. The Labute approximate surface area is 177 Å². The summed E-state index contributed by atoms with van der Waals surface area (Å²) < 4.78 is 0. The van der Waals surface area contributed by atoms with Crippen molar-refractivity contribution in [3.63, 3.8) is 0 Å². The molecule has 0 bridgehead atoms. The van der Waals surface area contributed by atoms with Gasteiger partial charge in [-0.2, -0.15) is 0 Å². The largest absolute Gasteiger partial charge is 0.347 e. The van der Waals surface area contributed by atoms with Gasteiger partial charge in [0, 0.05) is 16.3 Å². The summed E-state index contributed by atoms with van der Waals surface area (Å²) in [6.07, 6.45) is 0.663. The van der Waals surface area contributed by atoms with E-state index < -0.39 is 11.8 Å². The van der Waals surface area contributed by atoms with Crippen LogP contribution in [0.25, 0.3) is 0 Å². The van der Waals surface area contributed by atoms with Crippen molar-refractivity contribution in [3.05, 3.63) is 80.7 Å². The van der Waals surface area contributed by atoms with Crippen molar-refractivity contribution in [3.8, 4) is 0 Å². The topological polar surface area (TPSA) is 87.3 Å². The van der Waals surface area contributed by atoms with Crippen LogP contribution in [-0.4, -0.2) is 30.8 Å². The maximum Gasteiger partial charge on any atom is 0.309 e. The lowest BCUT2D eigenvalue weighted by molar-refractivity contribution is -0.139. The Morgan fingerprint density at radius 1 is 0.828 bits per heavy atom. The molecule has 3 rings (SSSR count). The third-order valence-corrected chi connectivity index (χ3v) is 5.99. The molecule has 3 amide bonds. The second-order valence-corrected chi connectivity index (χ2v) is 8.21. The molecule has 1 atom stereocenters. The number of hydrogen-bond donors (Lipinski definition) is 3. The van der Waals surface area contributed by atoms with E-state index in [-0.39, 0.29) is 18.5 Å². The van der Waals surface area contributed by atoms with Gasteiger partial charge in [0.25, 0.3) is 0 Å². The van der Waals surface area contributed by atoms with Gasteiger partial charge in [0.05, 0.1) is 12.6 Å². The fourth-order valence-corrected chi connectivity index (χ4v) is 4.22. The van der Waals surface area contributed by atoms with Crippen LogP contribution in [0.4, 0.5) is 0 Å². The molecule has 0 saturated carbocycles. The molecule has 0 aliphatic heterocycles. The first-order valence-electron chi connectivity index (χ1n) is 9.09. The van der Waals surface area contributed by atoms with Gasteiger partial charge in [-0.25, -0.2) is 0 Å². The summed E-state index contributed by atoms with van der Waals surface area (Å²) in [5.74, 6) is -1.93. The normalized spacial score (nSPS) is 11.4. The van der Waals surface area contributed by atoms with E-state index in [9.17, 15) is 14.4 Å². The number of thiophene rings is 2. The van der Waals surface area contributed by atoms with Crippen LogP contribution >= 0.6 is 22.7 Å². The predicted octanol–water partition coefficient (Wildman–Crippen LogP) is 2.49. The van der Waals surface area contributed by atoms with Crippen molar-refractivity contribution in [2.75, 3.05) is 13.1 Å². The number of carbonyl (C=O) groups excluding carboxylic acids is 3. The van der Waals surface area contributed by atoms with Crippen LogP contribution in [0.3, 0.4) is 0 Å². The second kappa shape index (κ2) is 10.5. The van der Waals surface area contributed by atoms with Crippen LogP contribution in [0.1, 0.15) is 21.4 Å². The van der Waals surface area contributed by atoms with E-state index in [1.165, 1.54) is 11.3 Å². The molecule has 3 N–H and O–H groups in total. The van der Waals surface area contributed by atoms with E-state index in [1.807, 2.05) is 65.4 Å². The van der Waals surface area contributed by atoms with Gasteiger partial charge in [0.2, 0.25) is 5.91 Å². The van der Waals surface area contributed by atoms with Crippen molar-refractivity contribution in [2.24, 2.45) is 0 Å². The Hall–Kier alpha value is -2.97. The quantitative estimate of drug-likeness (QED) is 0.483. The standard InChI is InChI=1S/C21H21N3O3S2/c25-18(14-23-21(27)20(26)22-11-10-16-8-4-12-28-16)24-19(17-9-5-13-29-17)15-6-2-1-3-7-15/h1-9,12-13,19H,10-11,14H2,(H,22,26)(H,23,27)(H,24,25)/t19-/m1/s1. The van der Waals surface area contributed by atoms with Gasteiger partial charge in [-0.05, 0) is 34.9 Å². The first-order chi connectivity index (χ1) is 14.1. The third-order valence-electron chi connectivity index (χ3n) is 4.12. The zero-order valence-corrected chi connectivity index (χ0v) is 17.2. The van der Waals surface area contributed by atoms with Crippen LogP contribution in [-0.2, 0) is 20.8 Å². The molecule has 0 spiro atoms. The van der Waals surface area contributed by atoms with E-state index >= 15 is 0 Å². The highest BCUT2D eigenvalue weighted by Crippen LogP contribution is 2.25. The number of rotatable bonds is 8. The molecule has 2 heterocycles. The van der Waals surface area contributed by atoms with E-state index in [0.29, 0.717) is 13.0 Å². The zero-order chi connectivity index (χ0) is 20.5. The molecule has 6 nitrogen and oxygen atoms in total. The first kappa shape index (κ1) is 20.8. The summed E-state index contributed by atoms with van der Waals surface area (Å²) in [4.78, 5) is 38.3. The molecule has 3 aromatic rings. The average molecular weight is 428 g/mol. The van der Waals surface area contributed by atoms with E-state index in [4.69, 9.17) is 0 Å². The van der Waals surface area contributed by atoms with Crippen LogP contribution in [0.2, 0.25) is 0 Å². The van der Waals surface area contributed by atoms with Gasteiger partial charge in [-0.3, -0.25) is 14.4 Å². The molecule has 29 heavy (non-hydrogen) atoms. The van der Waals surface area contributed by atoms with Gasteiger partial charge in [-0.1, -0.05) is 42.5 Å². The fraction of sp³-hybridized carbons (Fsp3) is 0.190. The van der Waals surface area contributed by atoms with E-state index in [2.05, 4.69) is 16.0 Å². The van der Waals surface area contributed by atoms with Crippen LogP contribution < -0.4 is 16.0 Å². The summed E-state index contributed by atoms with van der Waals surface area (Å²) in [6, 6.07) is 17.1. The smallest absolute Gasteiger partial charge is 0.309 e. The Morgan fingerprint density at radius 2 is 1.55 bits per heavy atom. The van der Waals surface area contributed by atoms with Gasteiger partial charge < -0.3 is 16.0 Å². The van der Waals surface area contributed by atoms with Crippen molar-refractivity contribution in [1.29, 1.82) is 0 Å². The molecule has 0 unspecified atom stereocenters. The average Bonchev–Trinajstić information content (AvgIpc) is 3.45.